The van der Waals surface area contributed by atoms with E-state index in [2.05, 4.69) is 25.9 Å². The lowest BCUT2D eigenvalue weighted by Crippen LogP contribution is -2.37. The second kappa shape index (κ2) is 9.10. The Balaban J connectivity index is 1.47. The minimum Gasteiger partial charge on any atom is -0.444 e. The maximum atomic E-state index is 13.4. The van der Waals surface area contributed by atoms with Gasteiger partial charge in [0.05, 0.1) is 11.7 Å². The molecule has 8 nitrogen and oxygen atoms in total. The summed E-state index contributed by atoms with van der Waals surface area (Å²) in [6, 6.07) is 13.7. The third kappa shape index (κ3) is 5.02. The van der Waals surface area contributed by atoms with Gasteiger partial charge in [0.1, 0.15) is 11.4 Å². The SMILES string of the molecule is CC(C)(C)OC(=O)N[C@@H](Cc1c[nH]c2ccccc12)c1nnc2n1NC(c1ccc(F)cc1)=CS2. The van der Waals surface area contributed by atoms with Gasteiger partial charge in [-0.15, -0.1) is 10.2 Å². The largest absolute Gasteiger partial charge is 0.444 e. The number of thioether (sulfide) groups is 1. The number of carbonyl (C=O) groups excluding carboxylic acids is 1. The fraction of sp³-hybridized carbons (Fsp3) is 0.240. The number of rotatable bonds is 5. The van der Waals surface area contributed by atoms with E-state index in [9.17, 15) is 9.18 Å². The molecule has 4 aromatic rings. The molecular weight excluding hydrogens is 467 g/mol. The van der Waals surface area contributed by atoms with Gasteiger partial charge >= 0.3 is 6.09 Å². The Morgan fingerprint density at radius 1 is 1.17 bits per heavy atom. The number of hydrogen-bond acceptors (Lipinski definition) is 6. The minimum absolute atomic E-state index is 0.302. The summed E-state index contributed by atoms with van der Waals surface area (Å²) >= 11 is 1.39. The molecule has 3 heterocycles. The molecule has 0 saturated heterocycles. The molecule has 3 N–H and O–H groups in total. The second-order valence-electron chi connectivity index (χ2n) is 9.21. The molecule has 0 radical (unpaired) electrons. The first-order chi connectivity index (χ1) is 16.8. The predicted octanol–water partition coefficient (Wildman–Crippen LogP) is 5.35. The van der Waals surface area contributed by atoms with E-state index in [0.29, 0.717) is 17.4 Å². The Kier molecular flexibility index (Phi) is 5.98. The van der Waals surface area contributed by atoms with E-state index in [1.807, 2.05) is 56.6 Å². The van der Waals surface area contributed by atoms with Crippen molar-refractivity contribution in [3.05, 3.63) is 82.9 Å². The first-order valence-electron chi connectivity index (χ1n) is 11.2. The summed E-state index contributed by atoms with van der Waals surface area (Å²) in [6.07, 6.45) is 1.86. The predicted molar refractivity (Wildman–Crippen MR) is 134 cm³/mol. The number of hydrogen-bond donors (Lipinski definition) is 3. The van der Waals surface area contributed by atoms with Gasteiger partial charge in [-0.2, -0.15) is 0 Å². The van der Waals surface area contributed by atoms with Crippen LogP contribution in [-0.4, -0.2) is 31.6 Å². The maximum Gasteiger partial charge on any atom is 0.408 e. The molecule has 0 fully saturated rings. The number of nitrogens with one attached hydrogen (secondary N) is 3. The molecule has 0 saturated carbocycles. The van der Waals surface area contributed by atoms with Crippen molar-refractivity contribution in [1.82, 2.24) is 25.2 Å². The Labute approximate surface area is 205 Å². The van der Waals surface area contributed by atoms with Gasteiger partial charge < -0.3 is 15.0 Å². The summed E-state index contributed by atoms with van der Waals surface area (Å²) in [5.41, 5.74) is 6.29. The smallest absolute Gasteiger partial charge is 0.408 e. The van der Waals surface area contributed by atoms with Crippen molar-refractivity contribution in [2.75, 3.05) is 5.43 Å². The lowest BCUT2D eigenvalue weighted by Gasteiger charge is -2.25. The van der Waals surface area contributed by atoms with E-state index in [0.717, 1.165) is 27.7 Å². The molecule has 1 amide bonds. The fourth-order valence-corrected chi connectivity index (χ4v) is 4.63. The maximum absolute atomic E-state index is 13.4. The number of alkyl carbamates (subject to hydrolysis) is 1. The molecule has 0 unspecified atom stereocenters. The quantitative estimate of drug-likeness (QED) is 0.347. The van der Waals surface area contributed by atoms with Gasteiger partial charge in [-0.25, -0.2) is 13.9 Å². The summed E-state index contributed by atoms with van der Waals surface area (Å²) in [4.78, 5) is 16.1. The van der Waals surface area contributed by atoms with Crippen molar-refractivity contribution < 1.29 is 13.9 Å². The van der Waals surface area contributed by atoms with Crippen LogP contribution in [0.15, 0.2) is 65.3 Å². The van der Waals surface area contributed by atoms with Gasteiger partial charge in [-0.05, 0) is 56.7 Å². The molecule has 1 atom stereocenters. The van der Waals surface area contributed by atoms with E-state index in [4.69, 9.17) is 4.74 Å². The summed E-state index contributed by atoms with van der Waals surface area (Å²) in [5, 5.41) is 15.3. The molecule has 0 aliphatic carbocycles. The van der Waals surface area contributed by atoms with Crippen molar-refractivity contribution in [2.45, 2.75) is 44.0 Å². The lowest BCUT2D eigenvalue weighted by molar-refractivity contribution is 0.0500. The molecule has 35 heavy (non-hydrogen) atoms. The van der Waals surface area contributed by atoms with Crippen LogP contribution in [0.4, 0.5) is 9.18 Å². The van der Waals surface area contributed by atoms with Crippen molar-refractivity contribution in [1.29, 1.82) is 0 Å². The van der Waals surface area contributed by atoms with Crippen LogP contribution in [0.3, 0.4) is 0 Å². The van der Waals surface area contributed by atoms with E-state index in [1.54, 1.807) is 16.8 Å². The highest BCUT2D eigenvalue weighted by molar-refractivity contribution is 8.02. The Morgan fingerprint density at radius 2 is 1.94 bits per heavy atom. The number of para-hydroxylation sites is 1. The van der Waals surface area contributed by atoms with Crippen LogP contribution in [0.2, 0.25) is 0 Å². The Morgan fingerprint density at radius 3 is 2.71 bits per heavy atom. The Bertz CT molecular complexity index is 1400. The Hall–Kier alpha value is -3.79. The number of benzene rings is 2. The van der Waals surface area contributed by atoms with Crippen molar-refractivity contribution >= 4 is 34.5 Å². The zero-order valence-electron chi connectivity index (χ0n) is 19.5. The number of aromatic amines is 1. The highest BCUT2D eigenvalue weighted by Crippen LogP contribution is 2.31. The van der Waals surface area contributed by atoms with Gasteiger partial charge in [0.25, 0.3) is 0 Å². The molecule has 0 spiro atoms. The molecule has 1 aliphatic heterocycles. The molecular formula is C25H25FN6O2S. The number of fused-ring (bicyclic) bond motifs is 2. The first kappa shape index (κ1) is 23.0. The van der Waals surface area contributed by atoms with Crippen molar-refractivity contribution in [3.8, 4) is 0 Å². The zero-order valence-corrected chi connectivity index (χ0v) is 20.3. The van der Waals surface area contributed by atoms with Crippen molar-refractivity contribution in [3.63, 3.8) is 0 Å². The van der Waals surface area contributed by atoms with Gasteiger partial charge in [0.2, 0.25) is 5.16 Å². The van der Waals surface area contributed by atoms with Crippen LogP contribution in [0, 0.1) is 5.82 Å². The van der Waals surface area contributed by atoms with E-state index in [-0.39, 0.29) is 5.82 Å². The summed E-state index contributed by atoms with van der Waals surface area (Å²) in [5.74, 6) is 0.222. The first-order valence-corrected chi connectivity index (χ1v) is 12.0. The topological polar surface area (TPSA) is 96.9 Å². The minimum atomic E-state index is -0.647. The molecule has 1 aliphatic rings. The third-order valence-corrected chi connectivity index (χ3v) is 6.26. The molecule has 180 valence electrons. The summed E-state index contributed by atoms with van der Waals surface area (Å²) in [7, 11) is 0. The normalized spacial score (nSPS) is 14.1. The van der Waals surface area contributed by atoms with Gasteiger partial charge in [0, 0.05) is 34.5 Å². The molecule has 2 aromatic carbocycles. The zero-order chi connectivity index (χ0) is 24.6. The van der Waals surface area contributed by atoms with Crippen LogP contribution in [0.1, 0.15) is 43.8 Å². The van der Waals surface area contributed by atoms with E-state index >= 15 is 0 Å². The van der Waals surface area contributed by atoms with Crippen LogP contribution in [0.25, 0.3) is 16.6 Å². The number of H-pyrrole nitrogens is 1. The molecule has 10 heteroatoms. The van der Waals surface area contributed by atoms with Crippen LogP contribution in [0.5, 0.6) is 0 Å². The number of carbonyl (C=O) groups is 1. The number of aromatic nitrogens is 4. The number of halogens is 1. The van der Waals surface area contributed by atoms with Gasteiger partial charge in [-0.3, -0.25) is 5.43 Å². The highest BCUT2D eigenvalue weighted by Gasteiger charge is 2.28. The summed E-state index contributed by atoms with van der Waals surface area (Å²) in [6.45, 7) is 5.45. The fourth-order valence-electron chi connectivity index (χ4n) is 3.89. The standard InChI is InChI=1S/C25H25FN6O2S/c1-25(2,3)34-24(33)28-20(12-16-13-27-19-7-5-4-6-18(16)19)22-29-30-23-32(22)31-21(14-35-23)15-8-10-17(26)11-9-15/h4-11,13-14,20,27,31H,12H2,1-3H3,(H,28,33)/t20-/m0/s1. The van der Waals surface area contributed by atoms with Gasteiger partial charge in [0.15, 0.2) is 5.82 Å². The molecule has 5 rings (SSSR count). The highest BCUT2D eigenvalue weighted by atomic mass is 32.2. The van der Waals surface area contributed by atoms with Crippen LogP contribution in [-0.2, 0) is 11.2 Å². The average molecular weight is 493 g/mol. The summed E-state index contributed by atoms with van der Waals surface area (Å²) < 4.78 is 20.7. The molecule has 2 aromatic heterocycles. The van der Waals surface area contributed by atoms with E-state index in [1.165, 1.54) is 23.9 Å². The number of nitrogens with zero attached hydrogens (tertiary/aromatic N) is 3. The van der Waals surface area contributed by atoms with Crippen LogP contribution >= 0.6 is 11.8 Å². The third-order valence-electron chi connectivity index (χ3n) is 5.43. The average Bonchev–Trinajstić information content (AvgIpc) is 3.42. The van der Waals surface area contributed by atoms with Crippen molar-refractivity contribution in [2.24, 2.45) is 0 Å². The molecule has 0 bridgehead atoms. The lowest BCUT2D eigenvalue weighted by atomic mass is 10.0. The number of amides is 1. The van der Waals surface area contributed by atoms with Gasteiger partial charge in [-0.1, -0.05) is 30.0 Å². The monoisotopic (exact) mass is 492 g/mol. The van der Waals surface area contributed by atoms with Crippen LogP contribution < -0.4 is 10.7 Å². The van der Waals surface area contributed by atoms with E-state index < -0.39 is 17.7 Å². The second-order valence-corrected chi connectivity index (χ2v) is 10.0. The number of ether oxygens (including phenoxy) is 1.